The van der Waals surface area contributed by atoms with Crippen LogP contribution < -0.4 is 20.2 Å². The summed E-state index contributed by atoms with van der Waals surface area (Å²) in [4.78, 5) is 17.0. The molecule has 1 amide bonds. The average molecular weight is 719 g/mol. The number of cyclic esters (lactones) is 1. The lowest BCUT2D eigenvalue weighted by Crippen LogP contribution is -2.46. The van der Waals surface area contributed by atoms with E-state index >= 15 is 0 Å². The Morgan fingerprint density at radius 1 is 0.980 bits per heavy atom. The molecule has 0 bridgehead atoms. The third kappa shape index (κ3) is 7.17. The Hall–Kier alpha value is -3.45. The molecule has 7 rings (SSSR count). The van der Waals surface area contributed by atoms with Crippen molar-refractivity contribution in [1.82, 2.24) is 5.16 Å². The number of benzene rings is 3. The summed E-state index contributed by atoms with van der Waals surface area (Å²) >= 11 is 7.13. The van der Waals surface area contributed by atoms with Gasteiger partial charge in [0, 0.05) is 25.3 Å². The highest BCUT2D eigenvalue weighted by Crippen LogP contribution is 2.46. The largest absolute Gasteiger partial charge is 0.447 e. The highest BCUT2D eigenvalue weighted by atomic mass is 35.5. The summed E-state index contributed by atoms with van der Waals surface area (Å²) in [6, 6.07) is 20.9. The fourth-order valence-corrected chi connectivity index (χ4v) is 9.42. The summed E-state index contributed by atoms with van der Waals surface area (Å²) in [6.07, 6.45) is 0.331. The van der Waals surface area contributed by atoms with Crippen LogP contribution in [0.4, 0.5) is 16.3 Å². The van der Waals surface area contributed by atoms with Crippen molar-refractivity contribution in [1.29, 1.82) is 0 Å². The van der Waals surface area contributed by atoms with E-state index in [1.165, 1.54) is 15.9 Å². The topological polar surface area (TPSA) is 95.7 Å². The molecule has 0 saturated carbocycles. The summed E-state index contributed by atoms with van der Waals surface area (Å²) in [7, 11) is -1.48. The van der Waals surface area contributed by atoms with E-state index in [0.29, 0.717) is 61.1 Å². The number of carbonyl (C=O) groups is 1. The number of amides is 1. The maximum atomic E-state index is 13.2. The van der Waals surface area contributed by atoms with Gasteiger partial charge < -0.3 is 32.8 Å². The molecule has 0 unspecified atom stereocenters. The van der Waals surface area contributed by atoms with Crippen LogP contribution >= 0.6 is 11.6 Å². The van der Waals surface area contributed by atoms with E-state index in [9.17, 15) is 4.79 Å². The van der Waals surface area contributed by atoms with Gasteiger partial charge in [-0.15, -0.1) is 0 Å². The van der Waals surface area contributed by atoms with E-state index in [0.717, 1.165) is 17.7 Å². The molecular weight excluding hydrogens is 674 g/mol. The Kier molecular flexibility index (Phi) is 10.2. The minimum absolute atomic E-state index is 0.0112. The second kappa shape index (κ2) is 14.6. The van der Waals surface area contributed by atoms with Crippen molar-refractivity contribution in [2.45, 2.75) is 77.4 Å². The van der Waals surface area contributed by atoms with Crippen LogP contribution in [0.2, 0.25) is 5.02 Å². The van der Waals surface area contributed by atoms with E-state index in [2.05, 4.69) is 79.4 Å². The minimum Gasteiger partial charge on any atom is -0.447 e. The van der Waals surface area contributed by atoms with E-state index < -0.39 is 21.4 Å². The van der Waals surface area contributed by atoms with Gasteiger partial charge in [-0.1, -0.05) is 92.1 Å². The van der Waals surface area contributed by atoms with Crippen LogP contribution in [0, 0.1) is 0 Å². The number of hydrogen-bond acceptors (Lipinski definition) is 9. The lowest BCUT2D eigenvalue weighted by molar-refractivity contribution is -0.0443. The first-order valence-electron chi connectivity index (χ1n) is 17.5. The number of nitrogens with zero attached hydrogens (tertiary/aromatic N) is 3. The molecular formula is C38H45ClN3O7Si. The highest BCUT2D eigenvalue weighted by molar-refractivity contribution is 6.80. The second-order valence-electron chi connectivity index (χ2n) is 14.4. The van der Waals surface area contributed by atoms with Gasteiger partial charge >= 0.3 is 6.09 Å². The second-order valence-corrected chi connectivity index (χ2v) is 16.8. The number of anilines is 2. The van der Waals surface area contributed by atoms with Crippen LogP contribution in [0.3, 0.4) is 0 Å². The minimum atomic E-state index is -1.48. The predicted molar refractivity (Wildman–Crippen MR) is 195 cm³/mol. The molecule has 50 heavy (non-hydrogen) atoms. The van der Waals surface area contributed by atoms with Crippen molar-refractivity contribution in [2.75, 3.05) is 49.3 Å². The van der Waals surface area contributed by atoms with Crippen LogP contribution in [-0.2, 0) is 28.8 Å². The molecule has 3 atom stereocenters. The summed E-state index contributed by atoms with van der Waals surface area (Å²) in [5.41, 5.74) is 3.32. The summed E-state index contributed by atoms with van der Waals surface area (Å²) in [5.74, 6) is 0.373. The molecule has 4 heterocycles. The van der Waals surface area contributed by atoms with Crippen molar-refractivity contribution in [3.63, 3.8) is 0 Å². The van der Waals surface area contributed by atoms with Crippen molar-refractivity contribution in [3.8, 4) is 0 Å². The number of rotatable bonds is 10. The Balaban J connectivity index is 1.11. The zero-order valence-corrected chi connectivity index (χ0v) is 31.1. The van der Waals surface area contributed by atoms with Gasteiger partial charge in [-0.05, 0) is 54.1 Å². The Morgan fingerprint density at radius 2 is 1.66 bits per heavy atom. The molecule has 10 nitrogen and oxygen atoms in total. The van der Waals surface area contributed by atoms with Gasteiger partial charge in [-0.25, -0.2) is 4.79 Å². The van der Waals surface area contributed by atoms with Gasteiger partial charge in [0.05, 0.1) is 42.5 Å². The first kappa shape index (κ1) is 35.0. The molecule has 4 aromatic rings. The van der Waals surface area contributed by atoms with Crippen molar-refractivity contribution >= 4 is 59.6 Å². The summed E-state index contributed by atoms with van der Waals surface area (Å²) < 4.78 is 36.1. The smallest absolute Gasteiger partial charge is 0.416 e. The van der Waals surface area contributed by atoms with Crippen LogP contribution in [0.5, 0.6) is 0 Å². The first-order valence-corrected chi connectivity index (χ1v) is 19.2. The molecule has 1 aromatic heterocycles. The van der Waals surface area contributed by atoms with E-state index in [1.54, 1.807) is 4.90 Å². The number of fused-ring (bicyclic) bond motifs is 1. The number of ether oxygens (including phenoxy) is 4. The molecule has 3 aromatic carbocycles. The van der Waals surface area contributed by atoms with Crippen LogP contribution in [0.15, 0.2) is 65.2 Å². The lowest BCUT2D eigenvalue weighted by Gasteiger charge is -2.38. The van der Waals surface area contributed by atoms with Crippen molar-refractivity contribution < 1.29 is 32.7 Å². The number of morpholine rings is 1. The average Bonchev–Trinajstić information content (AvgIpc) is 3.85. The van der Waals surface area contributed by atoms with Crippen molar-refractivity contribution in [2.24, 2.45) is 0 Å². The molecule has 265 valence electrons. The highest BCUT2D eigenvalue weighted by Gasteiger charge is 2.39. The molecule has 3 saturated heterocycles. The Labute approximate surface area is 300 Å². The van der Waals surface area contributed by atoms with Gasteiger partial charge in [0.2, 0.25) is 0 Å². The third-order valence-corrected chi connectivity index (χ3v) is 12.0. The molecule has 3 aliphatic heterocycles. The van der Waals surface area contributed by atoms with Gasteiger partial charge in [-0.3, -0.25) is 4.90 Å². The van der Waals surface area contributed by atoms with Gasteiger partial charge in [0.25, 0.3) is 9.04 Å². The molecule has 1 radical (unpaired) electrons. The zero-order chi connectivity index (χ0) is 35.0. The fourth-order valence-electron chi connectivity index (χ4n) is 7.08. The lowest BCUT2D eigenvalue weighted by atomic mass is 9.87. The maximum Gasteiger partial charge on any atom is 0.416 e. The van der Waals surface area contributed by atoms with Gasteiger partial charge in [0.1, 0.15) is 11.6 Å². The number of halogens is 1. The molecule has 12 heteroatoms. The predicted octanol–water partition coefficient (Wildman–Crippen LogP) is 6.37. The zero-order valence-electron chi connectivity index (χ0n) is 29.3. The van der Waals surface area contributed by atoms with E-state index in [1.807, 2.05) is 26.0 Å². The molecule has 3 aliphatic rings. The third-order valence-electron chi connectivity index (χ3n) is 9.47. The quantitative estimate of drug-likeness (QED) is 0.137. The fraction of sp³-hybridized carbons (Fsp3) is 0.474. The Morgan fingerprint density at radius 3 is 2.34 bits per heavy atom. The Bertz CT molecular complexity index is 1780. The van der Waals surface area contributed by atoms with Crippen molar-refractivity contribution in [3.05, 3.63) is 76.8 Å². The van der Waals surface area contributed by atoms with Crippen LogP contribution in [-0.4, -0.2) is 78.1 Å². The number of hydrogen-bond donors (Lipinski definition) is 0. The summed E-state index contributed by atoms with van der Waals surface area (Å²) in [6.45, 7) is 13.8. The normalized spacial score (nSPS) is 21.9. The maximum absolute atomic E-state index is 13.2. The molecule has 0 spiro atoms. The number of aromatic nitrogens is 1. The SMILES string of the molecule is C[C@H]1CN(c2c(C3OCCO3)cc3c(N4C(=O)OC[C@@H]4CCCO[Si](c4ccccc4)c4ccc(C(C)(C)C)cc4)noc3c2Cl)C[C@H](C)O1. The van der Waals surface area contributed by atoms with Crippen LogP contribution in [0.25, 0.3) is 11.0 Å². The van der Waals surface area contributed by atoms with E-state index in [-0.39, 0.29) is 30.3 Å². The molecule has 0 N–H and O–H groups in total. The van der Waals surface area contributed by atoms with Gasteiger partial charge in [0.15, 0.2) is 17.7 Å². The van der Waals surface area contributed by atoms with Crippen LogP contribution in [0.1, 0.15) is 64.9 Å². The molecule has 3 fully saturated rings. The van der Waals surface area contributed by atoms with E-state index in [4.69, 9.17) is 39.5 Å². The standard InChI is InChI=1S/C38H45ClN3O7Si/c1-24-21-41(22-25(2)48-24)33-30(36-44-18-19-45-36)20-31-34(32(33)39)49-40-35(31)42-27(23-46-37(42)43)10-9-17-47-50(28-11-7-6-8-12-28)29-15-13-26(14-16-29)38(3,4)5/h6-8,11-16,20,24-25,27,36H,9-10,17-19,21-23H2,1-5H3/t24-,25-,27-/m0/s1. The van der Waals surface area contributed by atoms with Gasteiger partial charge in [-0.2, -0.15) is 0 Å². The monoisotopic (exact) mass is 718 g/mol. The summed E-state index contributed by atoms with van der Waals surface area (Å²) in [5, 5.41) is 7.80. The first-order chi connectivity index (χ1) is 24.1. The molecule has 0 aliphatic carbocycles. The number of carbonyl (C=O) groups excluding carboxylic acids is 1.